The van der Waals surface area contributed by atoms with Gasteiger partial charge >= 0.3 is 0 Å². The smallest absolute Gasteiger partial charge is 0.113 e. The number of thioether (sulfide) groups is 1. The molecule has 5 heteroatoms. The summed E-state index contributed by atoms with van der Waals surface area (Å²) in [4.78, 5) is 4.26. The minimum absolute atomic E-state index is 0.843. The fraction of sp³-hybridized carbons (Fsp3) is 0.182. The summed E-state index contributed by atoms with van der Waals surface area (Å²) in [5.74, 6) is 8.01. The van der Waals surface area contributed by atoms with Gasteiger partial charge in [-0.2, -0.15) is 0 Å². The number of nitrogens with two attached hydrogens (primary N) is 1. The molecule has 0 spiro atoms. The van der Waals surface area contributed by atoms with Crippen molar-refractivity contribution in [2.75, 3.05) is 5.43 Å². The summed E-state index contributed by atoms with van der Waals surface area (Å²) in [6.45, 7) is 0. The van der Waals surface area contributed by atoms with Gasteiger partial charge in [-0.05, 0) is 24.3 Å². The van der Waals surface area contributed by atoms with Crippen molar-refractivity contribution in [1.29, 1.82) is 0 Å². The molecule has 0 fully saturated rings. The summed E-state index contributed by atoms with van der Waals surface area (Å²) >= 11 is 1.76. The van der Waals surface area contributed by atoms with Crippen LogP contribution in [0.4, 0.5) is 5.69 Å². The zero-order chi connectivity index (χ0) is 11.2. The molecule has 2 rings (SSSR count). The van der Waals surface area contributed by atoms with Gasteiger partial charge in [-0.25, -0.2) is 0 Å². The van der Waals surface area contributed by atoms with Gasteiger partial charge in [0.1, 0.15) is 5.76 Å². The maximum Gasteiger partial charge on any atom is 0.113 e. The lowest BCUT2D eigenvalue weighted by atomic mass is 10.3. The molecule has 2 heterocycles. The van der Waals surface area contributed by atoms with Crippen LogP contribution in [0.1, 0.15) is 11.5 Å². The molecule has 0 saturated heterocycles. The molecule has 0 bridgehead atoms. The molecule has 84 valence electrons. The number of nitrogen functional groups attached to an aromatic ring is 1. The topological polar surface area (TPSA) is 64.1 Å². The summed E-state index contributed by atoms with van der Waals surface area (Å²) in [5, 5.41) is 0. The molecular weight excluding hydrogens is 222 g/mol. The molecule has 0 aliphatic carbocycles. The molecule has 4 nitrogen and oxygen atoms in total. The third-order valence-corrected chi connectivity index (χ3v) is 3.05. The Balaban J connectivity index is 1.85. The molecule has 16 heavy (non-hydrogen) atoms. The Labute approximate surface area is 98.2 Å². The number of nitrogens with one attached hydrogen (secondary N) is 1. The Hall–Kier alpha value is -1.46. The van der Waals surface area contributed by atoms with E-state index in [9.17, 15) is 0 Å². The van der Waals surface area contributed by atoms with Crippen molar-refractivity contribution in [3.8, 4) is 0 Å². The fourth-order valence-electron chi connectivity index (χ4n) is 1.30. The summed E-state index contributed by atoms with van der Waals surface area (Å²) in [7, 11) is 0. The predicted octanol–water partition coefficient (Wildman–Crippen LogP) is 2.39. The van der Waals surface area contributed by atoms with Gasteiger partial charge in [-0.3, -0.25) is 10.8 Å². The van der Waals surface area contributed by atoms with Crippen molar-refractivity contribution >= 4 is 17.4 Å². The van der Waals surface area contributed by atoms with E-state index in [0.717, 1.165) is 28.6 Å². The monoisotopic (exact) mass is 235 g/mol. The van der Waals surface area contributed by atoms with Crippen LogP contribution in [0.5, 0.6) is 0 Å². The van der Waals surface area contributed by atoms with E-state index in [4.69, 9.17) is 10.3 Å². The summed E-state index contributed by atoms with van der Waals surface area (Å²) in [6.07, 6.45) is 3.44. The molecule has 0 aromatic carbocycles. The molecule has 0 aliphatic rings. The standard InChI is InChI=1S/C11H13N3OS/c12-14-9-3-4-13-10(6-9)7-16-8-11-2-1-5-15-11/h1-6H,7-8,12H2,(H,13,14). The minimum Gasteiger partial charge on any atom is -0.468 e. The van der Waals surface area contributed by atoms with Gasteiger partial charge in [0, 0.05) is 11.9 Å². The Morgan fingerprint density at radius 1 is 1.38 bits per heavy atom. The number of furan rings is 1. The first-order valence-corrected chi connectivity index (χ1v) is 6.05. The van der Waals surface area contributed by atoms with Crippen LogP contribution in [-0.2, 0) is 11.5 Å². The molecule has 2 aromatic rings. The van der Waals surface area contributed by atoms with Crippen LogP contribution < -0.4 is 11.3 Å². The lowest BCUT2D eigenvalue weighted by molar-refractivity contribution is 0.530. The first kappa shape index (κ1) is 11.0. The number of anilines is 1. The number of aromatic nitrogens is 1. The minimum atomic E-state index is 0.843. The van der Waals surface area contributed by atoms with Gasteiger partial charge in [-0.15, -0.1) is 11.8 Å². The van der Waals surface area contributed by atoms with Gasteiger partial charge < -0.3 is 9.84 Å². The molecule has 0 unspecified atom stereocenters. The van der Waals surface area contributed by atoms with E-state index in [1.165, 1.54) is 0 Å². The average molecular weight is 235 g/mol. The average Bonchev–Trinajstić information content (AvgIpc) is 2.82. The molecule has 3 N–H and O–H groups in total. The predicted molar refractivity (Wildman–Crippen MR) is 65.8 cm³/mol. The fourth-order valence-corrected chi connectivity index (χ4v) is 2.13. The number of hydrazine groups is 1. The maximum atomic E-state index is 5.32. The number of pyridine rings is 1. The molecule has 2 aromatic heterocycles. The third-order valence-electron chi connectivity index (χ3n) is 2.06. The Morgan fingerprint density at radius 3 is 3.06 bits per heavy atom. The Kier molecular flexibility index (Phi) is 3.85. The zero-order valence-electron chi connectivity index (χ0n) is 8.72. The highest BCUT2D eigenvalue weighted by Gasteiger charge is 1.99. The second-order valence-corrected chi connectivity index (χ2v) is 4.24. The first-order valence-electron chi connectivity index (χ1n) is 4.90. The van der Waals surface area contributed by atoms with Crippen molar-refractivity contribution in [1.82, 2.24) is 4.98 Å². The summed E-state index contributed by atoms with van der Waals surface area (Å²) in [6, 6.07) is 7.64. The van der Waals surface area contributed by atoms with E-state index in [-0.39, 0.29) is 0 Å². The van der Waals surface area contributed by atoms with Crippen molar-refractivity contribution in [3.05, 3.63) is 48.2 Å². The largest absolute Gasteiger partial charge is 0.468 e. The second-order valence-electron chi connectivity index (χ2n) is 3.25. The van der Waals surface area contributed by atoms with Crippen LogP contribution in [0.15, 0.2) is 41.1 Å². The van der Waals surface area contributed by atoms with E-state index in [2.05, 4.69) is 10.4 Å². The van der Waals surface area contributed by atoms with Gasteiger partial charge in [-0.1, -0.05) is 0 Å². The van der Waals surface area contributed by atoms with Crippen molar-refractivity contribution in [2.45, 2.75) is 11.5 Å². The lowest BCUT2D eigenvalue weighted by Crippen LogP contribution is -2.07. The molecular formula is C11H13N3OS. The highest BCUT2D eigenvalue weighted by Crippen LogP contribution is 2.18. The molecule has 0 atom stereocenters. The van der Waals surface area contributed by atoms with Gasteiger partial charge in [0.25, 0.3) is 0 Å². The van der Waals surface area contributed by atoms with Crippen LogP contribution in [0.2, 0.25) is 0 Å². The molecule has 0 amide bonds. The van der Waals surface area contributed by atoms with Crippen LogP contribution in [-0.4, -0.2) is 4.98 Å². The van der Waals surface area contributed by atoms with E-state index >= 15 is 0 Å². The van der Waals surface area contributed by atoms with E-state index < -0.39 is 0 Å². The van der Waals surface area contributed by atoms with Crippen LogP contribution in [0.25, 0.3) is 0 Å². The first-order chi connectivity index (χ1) is 7.88. The summed E-state index contributed by atoms with van der Waals surface area (Å²) < 4.78 is 5.24. The molecule has 0 radical (unpaired) electrons. The van der Waals surface area contributed by atoms with E-state index in [0.29, 0.717) is 0 Å². The van der Waals surface area contributed by atoms with Gasteiger partial charge in [0.2, 0.25) is 0 Å². The number of hydrogen-bond donors (Lipinski definition) is 2. The highest BCUT2D eigenvalue weighted by atomic mass is 32.2. The SMILES string of the molecule is NNc1ccnc(CSCc2ccco2)c1. The third kappa shape index (κ3) is 3.01. The quantitative estimate of drug-likeness (QED) is 0.615. The number of nitrogens with zero attached hydrogens (tertiary/aromatic N) is 1. The number of hydrogen-bond acceptors (Lipinski definition) is 5. The van der Waals surface area contributed by atoms with E-state index in [1.54, 1.807) is 24.2 Å². The summed E-state index contributed by atoms with van der Waals surface area (Å²) in [5.41, 5.74) is 4.49. The Morgan fingerprint density at radius 2 is 2.31 bits per heavy atom. The highest BCUT2D eigenvalue weighted by molar-refractivity contribution is 7.97. The van der Waals surface area contributed by atoms with Crippen LogP contribution in [0, 0.1) is 0 Å². The van der Waals surface area contributed by atoms with Crippen molar-refractivity contribution < 1.29 is 4.42 Å². The van der Waals surface area contributed by atoms with Crippen LogP contribution >= 0.6 is 11.8 Å². The maximum absolute atomic E-state index is 5.32. The number of rotatable bonds is 5. The molecule has 0 saturated carbocycles. The van der Waals surface area contributed by atoms with Crippen LogP contribution in [0.3, 0.4) is 0 Å². The lowest BCUT2D eigenvalue weighted by Gasteiger charge is -2.03. The Bertz CT molecular complexity index is 431. The van der Waals surface area contributed by atoms with Gasteiger partial charge in [0.05, 0.1) is 23.4 Å². The van der Waals surface area contributed by atoms with E-state index in [1.807, 2.05) is 24.3 Å². The van der Waals surface area contributed by atoms with Crippen molar-refractivity contribution in [2.24, 2.45) is 5.84 Å². The normalized spacial score (nSPS) is 10.3. The van der Waals surface area contributed by atoms with Crippen molar-refractivity contribution in [3.63, 3.8) is 0 Å². The van der Waals surface area contributed by atoms with Gasteiger partial charge in [0.15, 0.2) is 0 Å². The zero-order valence-corrected chi connectivity index (χ0v) is 9.54. The second kappa shape index (κ2) is 5.58. The molecule has 0 aliphatic heterocycles.